The van der Waals surface area contributed by atoms with E-state index in [1.807, 2.05) is 0 Å². The molecule has 10 heteroatoms. The van der Waals surface area contributed by atoms with Crippen LogP contribution in [0, 0.1) is 0 Å². The summed E-state index contributed by atoms with van der Waals surface area (Å²) in [6.45, 7) is -0.455. The summed E-state index contributed by atoms with van der Waals surface area (Å²) in [5.41, 5.74) is 1.06. The van der Waals surface area contributed by atoms with Gasteiger partial charge in [0.25, 0.3) is 11.1 Å². The lowest BCUT2D eigenvalue weighted by Crippen LogP contribution is -2.36. The first-order chi connectivity index (χ1) is 14.3. The number of methoxy groups -OCH3 is 1. The smallest absolute Gasteiger partial charge is 0.335 e. The molecule has 0 unspecified atom stereocenters. The van der Waals surface area contributed by atoms with Gasteiger partial charge in [-0.25, -0.2) is 4.79 Å². The van der Waals surface area contributed by atoms with Gasteiger partial charge in [-0.15, -0.1) is 0 Å². The first-order valence-corrected chi connectivity index (χ1v) is 9.70. The maximum absolute atomic E-state index is 12.5. The van der Waals surface area contributed by atoms with Crippen LogP contribution in [-0.2, 0) is 9.59 Å². The molecule has 30 heavy (non-hydrogen) atoms. The summed E-state index contributed by atoms with van der Waals surface area (Å²) in [5.74, 6) is -1.78. The van der Waals surface area contributed by atoms with E-state index in [0.29, 0.717) is 33.8 Å². The average molecular weight is 447 g/mol. The molecule has 1 heterocycles. The molecule has 0 saturated carbocycles. The number of ether oxygens (including phenoxy) is 1. The number of carboxylic acid groups (broad SMARTS) is 1. The van der Waals surface area contributed by atoms with Crippen LogP contribution in [0.25, 0.3) is 6.08 Å². The van der Waals surface area contributed by atoms with E-state index in [0.717, 1.165) is 4.90 Å². The van der Waals surface area contributed by atoms with Gasteiger partial charge in [-0.2, -0.15) is 0 Å². The molecule has 2 aromatic rings. The van der Waals surface area contributed by atoms with Crippen LogP contribution in [0.15, 0.2) is 47.4 Å². The van der Waals surface area contributed by atoms with Gasteiger partial charge in [0.1, 0.15) is 12.3 Å². The van der Waals surface area contributed by atoms with Gasteiger partial charge in [0, 0.05) is 5.69 Å². The normalized spacial score (nSPS) is 14.9. The quantitative estimate of drug-likeness (QED) is 0.650. The first-order valence-electron chi connectivity index (χ1n) is 8.50. The third kappa shape index (κ3) is 4.81. The monoisotopic (exact) mass is 446 g/mol. The number of nitrogens with zero attached hydrogens (tertiary/aromatic N) is 1. The van der Waals surface area contributed by atoms with E-state index in [1.54, 1.807) is 12.1 Å². The molecule has 1 fully saturated rings. The summed E-state index contributed by atoms with van der Waals surface area (Å²) in [5, 5.41) is 11.2. The fourth-order valence-electron chi connectivity index (χ4n) is 2.60. The Morgan fingerprint density at radius 1 is 1.20 bits per heavy atom. The van der Waals surface area contributed by atoms with Gasteiger partial charge >= 0.3 is 5.97 Å². The van der Waals surface area contributed by atoms with Crippen LogP contribution in [0.2, 0.25) is 5.02 Å². The van der Waals surface area contributed by atoms with Gasteiger partial charge in [0.2, 0.25) is 5.91 Å². The van der Waals surface area contributed by atoms with Crippen molar-refractivity contribution in [3.05, 3.63) is 63.5 Å². The number of benzene rings is 2. The number of nitrogens with one attached hydrogen (secondary N) is 1. The molecule has 2 N–H and O–H groups in total. The Hall–Kier alpha value is -3.30. The Morgan fingerprint density at radius 2 is 1.90 bits per heavy atom. The maximum atomic E-state index is 12.5. The van der Waals surface area contributed by atoms with Crippen molar-refractivity contribution in [2.24, 2.45) is 0 Å². The highest BCUT2D eigenvalue weighted by atomic mass is 35.5. The second kappa shape index (κ2) is 9.02. The molecule has 0 atom stereocenters. The van der Waals surface area contributed by atoms with Crippen molar-refractivity contribution in [1.82, 2.24) is 4.90 Å². The van der Waals surface area contributed by atoms with Crippen LogP contribution in [0.1, 0.15) is 15.9 Å². The lowest BCUT2D eigenvalue weighted by Gasteiger charge is -2.13. The largest absolute Gasteiger partial charge is 0.495 e. The highest BCUT2D eigenvalue weighted by Crippen LogP contribution is 2.32. The van der Waals surface area contributed by atoms with E-state index in [-0.39, 0.29) is 10.5 Å². The molecule has 0 spiro atoms. The number of hydrogen-bond acceptors (Lipinski definition) is 6. The molecule has 0 radical (unpaired) electrons. The minimum Gasteiger partial charge on any atom is -0.495 e. The number of rotatable bonds is 6. The Morgan fingerprint density at radius 3 is 2.50 bits per heavy atom. The van der Waals surface area contributed by atoms with E-state index in [2.05, 4.69) is 5.32 Å². The van der Waals surface area contributed by atoms with Crippen molar-refractivity contribution in [2.45, 2.75) is 0 Å². The highest BCUT2D eigenvalue weighted by Gasteiger charge is 2.36. The average Bonchev–Trinajstić information content (AvgIpc) is 2.96. The number of carboxylic acids is 1. The molecule has 8 nitrogen and oxygen atoms in total. The summed E-state index contributed by atoms with van der Waals surface area (Å²) >= 11 is 6.72. The van der Waals surface area contributed by atoms with Crippen LogP contribution in [-0.4, -0.2) is 46.7 Å². The Bertz CT molecular complexity index is 1070. The minimum absolute atomic E-state index is 0.107. The molecule has 2 aromatic carbocycles. The van der Waals surface area contributed by atoms with Crippen molar-refractivity contribution in [1.29, 1.82) is 0 Å². The predicted molar refractivity (Wildman–Crippen MR) is 113 cm³/mol. The number of carbonyl (C=O) groups excluding carboxylic acids is 3. The summed E-state index contributed by atoms with van der Waals surface area (Å²) < 4.78 is 5.04. The number of anilines is 1. The van der Waals surface area contributed by atoms with Gasteiger partial charge in [0.15, 0.2) is 0 Å². The number of amides is 3. The van der Waals surface area contributed by atoms with Crippen LogP contribution in [0.3, 0.4) is 0 Å². The summed E-state index contributed by atoms with van der Waals surface area (Å²) in [4.78, 5) is 48.9. The third-order valence-electron chi connectivity index (χ3n) is 4.07. The minimum atomic E-state index is -1.06. The molecule has 1 aliphatic rings. The zero-order valence-corrected chi connectivity index (χ0v) is 17.1. The Labute approximate surface area is 180 Å². The Balaban J connectivity index is 1.67. The van der Waals surface area contributed by atoms with Crippen molar-refractivity contribution in [3.8, 4) is 5.75 Å². The second-order valence-electron chi connectivity index (χ2n) is 6.09. The molecular weight excluding hydrogens is 432 g/mol. The molecule has 0 aromatic heterocycles. The van der Waals surface area contributed by atoms with Gasteiger partial charge < -0.3 is 15.2 Å². The lowest BCUT2D eigenvalue weighted by molar-refractivity contribution is -0.127. The van der Waals surface area contributed by atoms with E-state index in [1.165, 1.54) is 43.5 Å². The fourth-order valence-corrected chi connectivity index (χ4v) is 3.69. The van der Waals surface area contributed by atoms with Crippen molar-refractivity contribution in [3.63, 3.8) is 0 Å². The molecule has 3 amide bonds. The van der Waals surface area contributed by atoms with Gasteiger partial charge in [-0.05, 0) is 53.7 Å². The Kier molecular flexibility index (Phi) is 6.43. The third-order valence-corrected chi connectivity index (χ3v) is 5.27. The summed E-state index contributed by atoms with van der Waals surface area (Å²) in [7, 11) is 1.47. The summed E-state index contributed by atoms with van der Waals surface area (Å²) in [6, 6.07) is 10.5. The molecular formula is C20H15ClN2O6S. The number of hydrogen-bond donors (Lipinski definition) is 2. The number of thioether (sulfide) groups is 1. The van der Waals surface area contributed by atoms with Crippen molar-refractivity contribution < 1.29 is 29.0 Å². The number of halogens is 1. The van der Waals surface area contributed by atoms with Crippen molar-refractivity contribution >= 4 is 58.1 Å². The van der Waals surface area contributed by atoms with Gasteiger partial charge in [0.05, 0.1) is 22.6 Å². The molecule has 0 bridgehead atoms. The molecule has 0 aliphatic carbocycles. The van der Waals surface area contributed by atoms with Crippen LogP contribution >= 0.6 is 23.4 Å². The molecule has 1 saturated heterocycles. The SMILES string of the molecule is COc1ccc(NC(=O)CN2C(=O)SC(=Cc3ccc(C(=O)O)cc3)C2=O)cc1Cl. The lowest BCUT2D eigenvalue weighted by atomic mass is 10.1. The fraction of sp³-hybridized carbons (Fsp3) is 0.100. The molecule has 154 valence electrons. The first kappa shape index (κ1) is 21.4. The number of carbonyl (C=O) groups is 4. The molecule has 1 aliphatic heterocycles. The van der Waals surface area contributed by atoms with E-state index >= 15 is 0 Å². The van der Waals surface area contributed by atoms with E-state index in [9.17, 15) is 19.2 Å². The maximum Gasteiger partial charge on any atom is 0.335 e. The van der Waals surface area contributed by atoms with E-state index in [4.69, 9.17) is 21.4 Å². The predicted octanol–water partition coefficient (Wildman–Crippen LogP) is 3.72. The van der Waals surface area contributed by atoms with Crippen LogP contribution in [0.4, 0.5) is 10.5 Å². The number of aromatic carboxylic acids is 1. The second-order valence-corrected chi connectivity index (χ2v) is 7.49. The van der Waals surface area contributed by atoms with Crippen LogP contribution in [0.5, 0.6) is 5.75 Å². The van der Waals surface area contributed by atoms with E-state index < -0.39 is 29.6 Å². The van der Waals surface area contributed by atoms with Gasteiger partial charge in [-0.3, -0.25) is 19.3 Å². The van der Waals surface area contributed by atoms with Gasteiger partial charge in [-0.1, -0.05) is 23.7 Å². The summed E-state index contributed by atoms with van der Waals surface area (Å²) in [6.07, 6.45) is 1.47. The zero-order valence-electron chi connectivity index (χ0n) is 15.5. The molecule has 3 rings (SSSR count). The van der Waals surface area contributed by atoms with Crippen LogP contribution < -0.4 is 10.1 Å². The number of imide groups is 1. The standard InChI is InChI=1S/C20H15ClN2O6S/c1-29-15-7-6-13(9-14(15)21)22-17(24)10-23-18(25)16(30-20(23)28)8-11-2-4-12(5-3-11)19(26)27/h2-9H,10H2,1H3,(H,22,24)(H,26,27). The van der Waals surface area contributed by atoms with Crippen molar-refractivity contribution in [2.75, 3.05) is 19.0 Å². The topological polar surface area (TPSA) is 113 Å². The highest BCUT2D eigenvalue weighted by molar-refractivity contribution is 8.18. The zero-order chi connectivity index (χ0) is 21.8.